The topological polar surface area (TPSA) is 59.2 Å². The Labute approximate surface area is 149 Å². The maximum absolute atomic E-state index is 14.2. The molecule has 3 rings (SSSR count). The SMILES string of the molecule is Cc1onc(-c2c(F)cccc2Cl)c1C(=O)N(C)Cc1cccnc1. The van der Waals surface area contributed by atoms with Gasteiger partial charge in [-0.1, -0.05) is 28.9 Å². The van der Waals surface area contributed by atoms with E-state index in [9.17, 15) is 9.18 Å². The molecule has 1 aromatic carbocycles. The molecule has 0 N–H and O–H groups in total. The van der Waals surface area contributed by atoms with Crippen molar-refractivity contribution in [3.8, 4) is 11.3 Å². The van der Waals surface area contributed by atoms with E-state index in [2.05, 4.69) is 10.1 Å². The summed E-state index contributed by atoms with van der Waals surface area (Å²) in [6.45, 7) is 1.96. The molecule has 0 atom stereocenters. The normalized spacial score (nSPS) is 10.7. The first-order chi connectivity index (χ1) is 12.0. The molecular formula is C18H15ClFN3O2. The summed E-state index contributed by atoms with van der Waals surface area (Å²) in [5, 5.41) is 4.02. The fourth-order valence-corrected chi connectivity index (χ4v) is 2.80. The lowest BCUT2D eigenvalue weighted by Crippen LogP contribution is -2.27. The molecule has 0 spiro atoms. The van der Waals surface area contributed by atoms with Gasteiger partial charge in [-0.3, -0.25) is 9.78 Å². The second-order valence-electron chi connectivity index (χ2n) is 5.58. The summed E-state index contributed by atoms with van der Waals surface area (Å²) in [7, 11) is 1.65. The van der Waals surface area contributed by atoms with Crippen molar-refractivity contribution in [2.75, 3.05) is 7.05 Å². The molecular weight excluding hydrogens is 345 g/mol. The molecule has 0 saturated heterocycles. The molecule has 25 heavy (non-hydrogen) atoms. The third kappa shape index (κ3) is 3.39. The number of rotatable bonds is 4. The van der Waals surface area contributed by atoms with E-state index in [0.717, 1.165) is 5.56 Å². The highest BCUT2D eigenvalue weighted by atomic mass is 35.5. The first kappa shape index (κ1) is 17.1. The molecule has 2 aromatic heterocycles. The second-order valence-corrected chi connectivity index (χ2v) is 5.99. The van der Waals surface area contributed by atoms with Gasteiger partial charge in [-0.25, -0.2) is 4.39 Å². The lowest BCUT2D eigenvalue weighted by atomic mass is 10.0. The van der Waals surface area contributed by atoms with Crippen LogP contribution in [0, 0.1) is 12.7 Å². The Balaban J connectivity index is 1.98. The van der Waals surface area contributed by atoms with Crippen LogP contribution in [-0.4, -0.2) is 28.0 Å². The number of pyridine rings is 1. The second kappa shape index (κ2) is 7.03. The summed E-state index contributed by atoms with van der Waals surface area (Å²) in [5.74, 6) is -0.598. The molecule has 0 bridgehead atoms. The molecule has 0 aliphatic heterocycles. The van der Waals surface area contributed by atoms with Crippen LogP contribution in [-0.2, 0) is 6.54 Å². The van der Waals surface area contributed by atoms with Crippen molar-refractivity contribution in [3.63, 3.8) is 0 Å². The zero-order chi connectivity index (χ0) is 18.0. The molecule has 5 nitrogen and oxygen atoms in total. The number of nitrogens with zero attached hydrogens (tertiary/aromatic N) is 3. The summed E-state index contributed by atoms with van der Waals surface area (Å²) >= 11 is 6.10. The molecule has 7 heteroatoms. The van der Waals surface area contributed by atoms with Gasteiger partial charge in [-0.2, -0.15) is 0 Å². The minimum Gasteiger partial charge on any atom is -0.360 e. The largest absolute Gasteiger partial charge is 0.360 e. The zero-order valence-electron chi connectivity index (χ0n) is 13.7. The summed E-state index contributed by atoms with van der Waals surface area (Å²) in [4.78, 5) is 18.4. The quantitative estimate of drug-likeness (QED) is 0.703. The van der Waals surface area contributed by atoms with E-state index in [4.69, 9.17) is 16.1 Å². The molecule has 0 unspecified atom stereocenters. The Morgan fingerprint density at radius 2 is 2.12 bits per heavy atom. The van der Waals surface area contributed by atoms with E-state index in [1.165, 1.54) is 23.1 Å². The fourth-order valence-electron chi connectivity index (χ4n) is 2.55. The first-order valence-corrected chi connectivity index (χ1v) is 7.92. The van der Waals surface area contributed by atoms with Gasteiger partial charge in [-0.15, -0.1) is 0 Å². The van der Waals surface area contributed by atoms with Crippen LogP contribution in [0.3, 0.4) is 0 Å². The number of aromatic nitrogens is 2. The zero-order valence-corrected chi connectivity index (χ0v) is 14.4. The molecule has 0 aliphatic rings. The van der Waals surface area contributed by atoms with E-state index < -0.39 is 5.82 Å². The minimum atomic E-state index is -0.565. The van der Waals surface area contributed by atoms with Crippen LogP contribution in [0.15, 0.2) is 47.2 Å². The van der Waals surface area contributed by atoms with Crippen LogP contribution in [0.1, 0.15) is 21.7 Å². The Morgan fingerprint density at radius 3 is 2.80 bits per heavy atom. The average molecular weight is 360 g/mol. The number of carbonyl (C=O) groups is 1. The summed E-state index contributed by atoms with van der Waals surface area (Å²) in [6, 6.07) is 7.95. The summed E-state index contributed by atoms with van der Waals surface area (Å²) in [6.07, 6.45) is 3.34. The van der Waals surface area contributed by atoms with Gasteiger partial charge in [0, 0.05) is 26.0 Å². The molecule has 1 amide bonds. The van der Waals surface area contributed by atoms with E-state index in [1.807, 2.05) is 6.07 Å². The number of hydrogen-bond donors (Lipinski definition) is 0. The van der Waals surface area contributed by atoms with Crippen LogP contribution < -0.4 is 0 Å². The Bertz CT molecular complexity index is 892. The standard InChI is InChI=1S/C18H15ClFN3O2/c1-11-15(18(24)23(2)10-12-5-4-8-21-9-12)17(22-25-11)16-13(19)6-3-7-14(16)20/h3-9H,10H2,1-2H3. The minimum absolute atomic E-state index is 0.0548. The van der Waals surface area contributed by atoms with Crippen LogP contribution in [0.2, 0.25) is 5.02 Å². The molecule has 128 valence electrons. The molecule has 2 heterocycles. The van der Waals surface area contributed by atoms with Crippen LogP contribution in [0.4, 0.5) is 4.39 Å². The highest BCUT2D eigenvalue weighted by Gasteiger charge is 2.27. The van der Waals surface area contributed by atoms with Crippen molar-refractivity contribution in [1.29, 1.82) is 0 Å². The number of carbonyl (C=O) groups excluding carboxylic acids is 1. The maximum atomic E-state index is 14.2. The van der Waals surface area contributed by atoms with E-state index in [1.54, 1.807) is 32.4 Å². The van der Waals surface area contributed by atoms with Gasteiger partial charge in [0.2, 0.25) is 0 Å². The van der Waals surface area contributed by atoms with Gasteiger partial charge in [0.1, 0.15) is 22.8 Å². The van der Waals surface area contributed by atoms with Crippen molar-refractivity contribution >= 4 is 17.5 Å². The summed E-state index contributed by atoms with van der Waals surface area (Å²) in [5.41, 5.74) is 1.22. The third-order valence-corrected chi connectivity index (χ3v) is 4.08. The summed E-state index contributed by atoms with van der Waals surface area (Å²) < 4.78 is 19.4. The third-order valence-electron chi connectivity index (χ3n) is 3.77. The predicted molar refractivity (Wildman–Crippen MR) is 91.7 cm³/mol. The first-order valence-electron chi connectivity index (χ1n) is 7.54. The van der Waals surface area contributed by atoms with E-state index >= 15 is 0 Å². The Hall–Kier alpha value is -2.73. The molecule has 0 fully saturated rings. The van der Waals surface area contributed by atoms with Crippen molar-refractivity contribution in [3.05, 3.63) is 70.5 Å². The maximum Gasteiger partial charge on any atom is 0.259 e. The fraction of sp³-hybridized carbons (Fsp3) is 0.167. The van der Waals surface area contributed by atoms with Gasteiger partial charge in [-0.05, 0) is 30.7 Å². The molecule has 0 radical (unpaired) electrons. The van der Waals surface area contributed by atoms with Crippen molar-refractivity contribution in [2.45, 2.75) is 13.5 Å². The lowest BCUT2D eigenvalue weighted by Gasteiger charge is -2.17. The van der Waals surface area contributed by atoms with Crippen LogP contribution in [0.25, 0.3) is 11.3 Å². The van der Waals surface area contributed by atoms with Crippen LogP contribution in [0.5, 0.6) is 0 Å². The van der Waals surface area contributed by atoms with Crippen molar-refractivity contribution < 1.29 is 13.7 Å². The Kier molecular flexibility index (Phi) is 4.81. The van der Waals surface area contributed by atoms with Gasteiger partial charge in [0.05, 0.1) is 10.6 Å². The lowest BCUT2D eigenvalue weighted by molar-refractivity contribution is 0.0784. The van der Waals surface area contributed by atoms with E-state index in [0.29, 0.717) is 12.3 Å². The van der Waals surface area contributed by atoms with Gasteiger partial charge < -0.3 is 9.42 Å². The average Bonchev–Trinajstić information content (AvgIpc) is 2.96. The smallest absolute Gasteiger partial charge is 0.259 e. The molecule has 0 saturated carbocycles. The van der Waals surface area contributed by atoms with E-state index in [-0.39, 0.29) is 27.8 Å². The highest BCUT2D eigenvalue weighted by Crippen LogP contribution is 2.34. The van der Waals surface area contributed by atoms with Gasteiger partial charge in [0.15, 0.2) is 0 Å². The van der Waals surface area contributed by atoms with Gasteiger partial charge >= 0.3 is 0 Å². The predicted octanol–water partition coefficient (Wildman–Crippen LogP) is 4.11. The highest BCUT2D eigenvalue weighted by molar-refractivity contribution is 6.33. The molecule has 0 aliphatic carbocycles. The number of amides is 1. The van der Waals surface area contributed by atoms with Crippen molar-refractivity contribution in [1.82, 2.24) is 15.0 Å². The number of benzene rings is 1. The number of halogens is 2. The van der Waals surface area contributed by atoms with Crippen LogP contribution >= 0.6 is 11.6 Å². The van der Waals surface area contributed by atoms with Gasteiger partial charge in [0.25, 0.3) is 5.91 Å². The monoisotopic (exact) mass is 359 g/mol. The molecule has 3 aromatic rings. The number of hydrogen-bond acceptors (Lipinski definition) is 4. The Morgan fingerprint density at radius 1 is 1.32 bits per heavy atom. The number of aryl methyl sites for hydroxylation is 1. The van der Waals surface area contributed by atoms with Crippen molar-refractivity contribution in [2.24, 2.45) is 0 Å².